The third-order valence-electron chi connectivity index (χ3n) is 4.66. The van der Waals surface area contributed by atoms with Crippen molar-refractivity contribution in [3.63, 3.8) is 0 Å². The van der Waals surface area contributed by atoms with Crippen molar-refractivity contribution in [1.82, 2.24) is 10.6 Å². The minimum Gasteiger partial charge on any atom is -0.356 e. The third kappa shape index (κ3) is 8.97. The third-order valence-corrected chi connectivity index (χ3v) is 4.66. The summed E-state index contributed by atoms with van der Waals surface area (Å²) >= 11 is 0. The molecule has 0 fully saturated rings. The zero-order chi connectivity index (χ0) is 17.9. The Hall–Kier alpha value is -1.06. The molecule has 2 amide bonds. The first kappa shape index (κ1) is 21.9. The Balaban J connectivity index is 3.65. The highest BCUT2D eigenvalue weighted by Crippen LogP contribution is 2.22. The van der Waals surface area contributed by atoms with Gasteiger partial charge in [0.15, 0.2) is 0 Å². The molecule has 0 aliphatic carbocycles. The van der Waals surface area contributed by atoms with E-state index in [1.807, 2.05) is 34.6 Å². The average molecular weight is 327 g/mol. The Morgan fingerprint density at radius 2 is 1.17 bits per heavy atom. The summed E-state index contributed by atoms with van der Waals surface area (Å²) in [5.41, 5.74) is -0.527. The molecule has 0 bridgehead atoms. The van der Waals surface area contributed by atoms with Gasteiger partial charge in [-0.3, -0.25) is 9.59 Å². The monoisotopic (exact) mass is 326 g/mol. The van der Waals surface area contributed by atoms with Gasteiger partial charge in [0.2, 0.25) is 11.8 Å². The number of amides is 2. The molecule has 0 saturated carbocycles. The molecule has 0 aliphatic heterocycles. The van der Waals surface area contributed by atoms with Crippen LogP contribution in [-0.4, -0.2) is 24.9 Å². The van der Waals surface area contributed by atoms with E-state index in [9.17, 15) is 9.59 Å². The first-order valence-electron chi connectivity index (χ1n) is 9.24. The number of rotatable bonds is 12. The number of carbonyl (C=O) groups is 2. The van der Waals surface area contributed by atoms with E-state index in [4.69, 9.17) is 0 Å². The molecular weight excluding hydrogens is 288 g/mol. The van der Waals surface area contributed by atoms with Crippen LogP contribution in [0.15, 0.2) is 0 Å². The fourth-order valence-corrected chi connectivity index (χ4v) is 2.39. The number of nitrogens with one attached hydrogen (secondary N) is 2. The molecule has 0 heterocycles. The Kier molecular flexibility index (Phi) is 10.2. The molecule has 4 heteroatoms. The molecule has 4 nitrogen and oxygen atoms in total. The van der Waals surface area contributed by atoms with Crippen LogP contribution in [0.3, 0.4) is 0 Å². The van der Waals surface area contributed by atoms with Gasteiger partial charge in [0.25, 0.3) is 0 Å². The number of hydrogen-bond acceptors (Lipinski definition) is 2. The molecule has 0 unspecified atom stereocenters. The van der Waals surface area contributed by atoms with E-state index in [0.29, 0.717) is 0 Å². The van der Waals surface area contributed by atoms with Crippen LogP contribution in [0, 0.1) is 10.8 Å². The Morgan fingerprint density at radius 1 is 0.739 bits per heavy atom. The summed E-state index contributed by atoms with van der Waals surface area (Å²) in [6.07, 6.45) is 6.98. The van der Waals surface area contributed by atoms with Crippen molar-refractivity contribution < 1.29 is 9.59 Å². The molecule has 23 heavy (non-hydrogen) atoms. The maximum absolute atomic E-state index is 12.0. The van der Waals surface area contributed by atoms with Crippen LogP contribution in [0.4, 0.5) is 0 Å². The van der Waals surface area contributed by atoms with Crippen molar-refractivity contribution >= 4 is 11.8 Å². The standard InChI is InChI=1S/C19H38N2O2/c1-7-13-19(5,6)17(23)21-15-12-10-9-11-14-20-16(22)18(3,4)8-2/h7-15H2,1-6H3,(H,20,22)(H,21,23). The van der Waals surface area contributed by atoms with E-state index in [-0.39, 0.29) is 22.6 Å². The quantitative estimate of drug-likeness (QED) is 0.532. The number of unbranched alkanes of at least 4 members (excludes halogenated alkanes) is 3. The van der Waals surface area contributed by atoms with Crippen molar-refractivity contribution in [2.24, 2.45) is 10.8 Å². The topological polar surface area (TPSA) is 58.2 Å². The van der Waals surface area contributed by atoms with Crippen molar-refractivity contribution in [1.29, 1.82) is 0 Å². The predicted molar refractivity (Wildman–Crippen MR) is 97.2 cm³/mol. The van der Waals surface area contributed by atoms with E-state index in [2.05, 4.69) is 17.6 Å². The van der Waals surface area contributed by atoms with Crippen LogP contribution in [0.5, 0.6) is 0 Å². The first-order valence-corrected chi connectivity index (χ1v) is 9.24. The molecular formula is C19H38N2O2. The van der Waals surface area contributed by atoms with Crippen molar-refractivity contribution in [2.75, 3.05) is 13.1 Å². The maximum atomic E-state index is 12.0. The summed E-state index contributed by atoms with van der Waals surface area (Å²) in [5.74, 6) is 0.304. The lowest BCUT2D eigenvalue weighted by Gasteiger charge is -2.22. The fraction of sp³-hybridized carbons (Fsp3) is 0.895. The van der Waals surface area contributed by atoms with E-state index in [0.717, 1.165) is 58.0 Å². The van der Waals surface area contributed by atoms with Gasteiger partial charge >= 0.3 is 0 Å². The fourth-order valence-electron chi connectivity index (χ4n) is 2.39. The normalized spacial score (nSPS) is 12.1. The number of hydrogen-bond donors (Lipinski definition) is 2. The van der Waals surface area contributed by atoms with Gasteiger partial charge in [0.1, 0.15) is 0 Å². The number of carbonyl (C=O) groups excluding carboxylic acids is 2. The minimum atomic E-state index is -0.268. The summed E-state index contributed by atoms with van der Waals surface area (Å²) in [6.45, 7) is 13.6. The summed E-state index contributed by atoms with van der Waals surface area (Å²) in [4.78, 5) is 23.9. The van der Waals surface area contributed by atoms with Gasteiger partial charge in [-0.15, -0.1) is 0 Å². The molecule has 0 aliphatic rings. The van der Waals surface area contributed by atoms with Gasteiger partial charge in [-0.1, -0.05) is 60.8 Å². The van der Waals surface area contributed by atoms with Crippen LogP contribution >= 0.6 is 0 Å². The molecule has 0 rings (SSSR count). The van der Waals surface area contributed by atoms with Gasteiger partial charge in [0.05, 0.1) is 0 Å². The minimum absolute atomic E-state index is 0.144. The van der Waals surface area contributed by atoms with Gasteiger partial charge < -0.3 is 10.6 Å². The van der Waals surface area contributed by atoms with Crippen molar-refractivity contribution in [2.45, 2.75) is 86.5 Å². The van der Waals surface area contributed by atoms with Crippen molar-refractivity contribution in [3.8, 4) is 0 Å². The molecule has 2 N–H and O–H groups in total. The molecule has 0 aromatic heterocycles. The molecule has 136 valence electrons. The molecule has 0 radical (unpaired) electrons. The summed E-state index contributed by atoms with van der Waals surface area (Å²) in [6, 6.07) is 0. The van der Waals surface area contributed by atoms with E-state index >= 15 is 0 Å². The average Bonchev–Trinajstić information content (AvgIpc) is 2.49. The molecule has 0 saturated heterocycles. The smallest absolute Gasteiger partial charge is 0.225 e. The lowest BCUT2D eigenvalue weighted by Crippen LogP contribution is -2.37. The highest BCUT2D eigenvalue weighted by atomic mass is 16.2. The Labute approximate surface area is 143 Å². The molecule has 0 atom stereocenters. The molecule has 0 spiro atoms. The largest absolute Gasteiger partial charge is 0.356 e. The van der Waals surface area contributed by atoms with Crippen LogP contribution < -0.4 is 10.6 Å². The SMILES string of the molecule is CCCC(C)(C)C(=O)NCCCCCCNC(=O)C(C)(C)CC. The lowest BCUT2D eigenvalue weighted by atomic mass is 9.87. The highest BCUT2D eigenvalue weighted by molar-refractivity contribution is 5.82. The van der Waals surface area contributed by atoms with Crippen LogP contribution in [-0.2, 0) is 9.59 Å². The second-order valence-electron chi connectivity index (χ2n) is 7.80. The van der Waals surface area contributed by atoms with Crippen molar-refractivity contribution in [3.05, 3.63) is 0 Å². The predicted octanol–water partition coefficient (Wildman–Crippen LogP) is 4.04. The van der Waals surface area contributed by atoms with Crippen LogP contribution in [0.25, 0.3) is 0 Å². The van der Waals surface area contributed by atoms with E-state index in [1.165, 1.54) is 0 Å². The summed E-state index contributed by atoms with van der Waals surface area (Å²) < 4.78 is 0. The van der Waals surface area contributed by atoms with Gasteiger partial charge in [-0.25, -0.2) is 0 Å². The van der Waals surface area contributed by atoms with Crippen LogP contribution in [0.1, 0.15) is 86.5 Å². The zero-order valence-electron chi connectivity index (χ0n) is 16.2. The second-order valence-corrected chi connectivity index (χ2v) is 7.80. The maximum Gasteiger partial charge on any atom is 0.225 e. The van der Waals surface area contributed by atoms with E-state index < -0.39 is 0 Å². The summed E-state index contributed by atoms with van der Waals surface area (Å²) in [7, 11) is 0. The second kappa shape index (κ2) is 10.7. The van der Waals surface area contributed by atoms with E-state index in [1.54, 1.807) is 0 Å². The van der Waals surface area contributed by atoms with Crippen LogP contribution in [0.2, 0.25) is 0 Å². The molecule has 0 aromatic carbocycles. The zero-order valence-corrected chi connectivity index (χ0v) is 16.2. The lowest BCUT2D eigenvalue weighted by molar-refractivity contribution is -0.130. The highest BCUT2D eigenvalue weighted by Gasteiger charge is 2.26. The van der Waals surface area contributed by atoms with Gasteiger partial charge in [-0.2, -0.15) is 0 Å². The van der Waals surface area contributed by atoms with Gasteiger partial charge in [0, 0.05) is 23.9 Å². The Bertz CT molecular complexity index is 362. The Morgan fingerprint density at radius 3 is 1.57 bits per heavy atom. The summed E-state index contributed by atoms with van der Waals surface area (Å²) in [5, 5.41) is 6.04. The molecule has 0 aromatic rings. The van der Waals surface area contributed by atoms with Gasteiger partial charge in [-0.05, 0) is 25.7 Å². The first-order chi connectivity index (χ1) is 10.7.